The smallest absolute Gasteiger partial charge is 0.334 e. The van der Waals surface area contributed by atoms with Gasteiger partial charge in [0.25, 0.3) is 0 Å². The van der Waals surface area contributed by atoms with Crippen LogP contribution in [0.1, 0.15) is 25.8 Å². The predicted octanol–water partition coefficient (Wildman–Crippen LogP) is 4.32. The second kappa shape index (κ2) is 7.91. The molecule has 1 rings (SSSR count). The molecule has 0 bridgehead atoms. The Labute approximate surface area is 123 Å². The van der Waals surface area contributed by atoms with E-state index in [0.29, 0.717) is 31.7 Å². The normalized spacial score (nSPS) is 12.0. The molecule has 1 aromatic rings. The first-order valence-electron chi connectivity index (χ1n) is 6.94. The highest BCUT2D eigenvalue weighted by molar-refractivity contribution is 6.66. The zero-order valence-electron chi connectivity index (χ0n) is 12.4. The molecule has 0 aliphatic heterocycles. The van der Waals surface area contributed by atoms with E-state index < -0.39 is 31.8 Å². The lowest BCUT2D eigenvalue weighted by atomic mass is 10.1. The number of aryl methyl sites for hydroxylation is 1. The average molecular weight is 324 g/mol. The molecule has 0 radical (unpaired) electrons. The second-order valence-corrected chi connectivity index (χ2v) is 8.16. The van der Waals surface area contributed by atoms with Crippen molar-refractivity contribution in [1.82, 2.24) is 0 Å². The summed E-state index contributed by atoms with van der Waals surface area (Å²) in [6, 6.07) is 1.27. The molecular weight excluding hydrogens is 304 g/mol. The second-order valence-electron chi connectivity index (χ2n) is 4.81. The van der Waals surface area contributed by atoms with Crippen molar-refractivity contribution >= 4 is 8.56 Å². The molecule has 0 aliphatic rings. The van der Waals surface area contributed by atoms with Crippen molar-refractivity contribution in [2.24, 2.45) is 0 Å². The van der Waals surface area contributed by atoms with E-state index in [9.17, 15) is 17.6 Å². The fraction of sp³-hybridized carbons (Fsp3) is 0.571. The number of benzene rings is 1. The van der Waals surface area contributed by atoms with E-state index in [4.69, 9.17) is 8.85 Å². The molecule has 0 aliphatic carbocycles. The fourth-order valence-electron chi connectivity index (χ4n) is 2.20. The molecule has 0 spiro atoms. The van der Waals surface area contributed by atoms with Crippen molar-refractivity contribution in [1.29, 1.82) is 0 Å². The van der Waals surface area contributed by atoms with Gasteiger partial charge in [0.05, 0.1) is 0 Å². The maximum atomic E-state index is 13.5. The number of hydrogen-bond donors (Lipinski definition) is 0. The Balaban J connectivity index is 2.71. The van der Waals surface area contributed by atoms with Crippen LogP contribution in [0.4, 0.5) is 17.6 Å². The highest BCUT2D eigenvalue weighted by atomic mass is 28.4. The van der Waals surface area contributed by atoms with Gasteiger partial charge in [-0.15, -0.1) is 0 Å². The summed E-state index contributed by atoms with van der Waals surface area (Å²) in [4.78, 5) is 0. The Morgan fingerprint density at radius 2 is 1.52 bits per heavy atom. The van der Waals surface area contributed by atoms with Crippen LogP contribution in [0.2, 0.25) is 12.6 Å². The van der Waals surface area contributed by atoms with Crippen molar-refractivity contribution in [3.8, 4) is 0 Å². The zero-order valence-corrected chi connectivity index (χ0v) is 13.4. The van der Waals surface area contributed by atoms with Crippen LogP contribution in [-0.4, -0.2) is 21.8 Å². The first-order chi connectivity index (χ1) is 9.84. The average Bonchev–Trinajstić information content (AvgIpc) is 2.42. The lowest BCUT2D eigenvalue weighted by Gasteiger charge is -2.25. The number of halogens is 4. The molecule has 2 nitrogen and oxygen atoms in total. The van der Waals surface area contributed by atoms with Gasteiger partial charge in [0.1, 0.15) is 0 Å². The minimum atomic E-state index is -2.34. The molecule has 0 fully saturated rings. The third-order valence-corrected chi connectivity index (χ3v) is 6.21. The summed E-state index contributed by atoms with van der Waals surface area (Å²) in [6.07, 6.45) is 0.548. The maximum Gasteiger partial charge on any atom is 0.334 e. The molecule has 0 saturated heterocycles. The molecule has 21 heavy (non-hydrogen) atoms. The SMILES string of the molecule is CCO[Si](C)(CCCc1cc(F)c(F)c(F)c1F)OCC. The van der Waals surface area contributed by atoms with Crippen LogP contribution in [0.25, 0.3) is 0 Å². The van der Waals surface area contributed by atoms with Gasteiger partial charge in [0.15, 0.2) is 23.3 Å². The van der Waals surface area contributed by atoms with E-state index in [0.717, 1.165) is 0 Å². The lowest BCUT2D eigenvalue weighted by Crippen LogP contribution is -2.38. The molecule has 0 heterocycles. The van der Waals surface area contributed by atoms with Gasteiger partial charge >= 0.3 is 8.56 Å². The first kappa shape index (κ1) is 18.1. The van der Waals surface area contributed by atoms with E-state index in [1.807, 2.05) is 20.4 Å². The van der Waals surface area contributed by atoms with Crippen LogP contribution in [0.3, 0.4) is 0 Å². The van der Waals surface area contributed by atoms with Gasteiger partial charge < -0.3 is 8.85 Å². The molecular formula is C14H20F4O2Si. The highest BCUT2D eigenvalue weighted by Gasteiger charge is 2.30. The molecule has 0 aromatic heterocycles. The summed E-state index contributed by atoms with van der Waals surface area (Å²) >= 11 is 0. The summed E-state index contributed by atoms with van der Waals surface area (Å²) in [5.41, 5.74) is -0.171. The standard InChI is InChI=1S/C14H20F4O2Si/c1-4-19-21(3,20-5-2)8-6-7-10-9-11(15)13(17)14(18)12(10)16/h9H,4-8H2,1-3H3. The molecule has 7 heteroatoms. The van der Waals surface area contributed by atoms with E-state index in [1.54, 1.807) is 0 Å². The zero-order chi connectivity index (χ0) is 16.0. The van der Waals surface area contributed by atoms with E-state index in [1.165, 1.54) is 0 Å². The van der Waals surface area contributed by atoms with Gasteiger partial charge in [0.2, 0.25) is 0 Å². The van der Waals surface area contributed by atoms with Crippen LogP contribution < -0.4 is 0 Å². The number of rotatable bonds is 8. The quantitative estimate of drug-likeness (QED) is 0.307. The maximum absolute atomic E-state index is 13.5. The lowest BCUT2D eigenvalue weighted by molar-refractivity contribution is 0.188. The Morgan fingerprint density at radius 3 is 2.05 bits per heavy atom. The summed E-state index contributed by atoms with van der Waals surface area (Å²) in [5.74, 6) is -6.25. The summed E-state index contributed by atoms with van der Waals surface area (Å²) in [7, 11) is -2.34. The van der Waals surface area contributed by atoms with E-state index >= 15 is 0 Å². The Kier molecular flexibility index (Phi) is 6.83. The molecule has 0 unspecified atom stereocenters. The topological polar surface area (TPSA) is 18.5 Å². The van der Waals surface area contributed by atoms with Crippen LogP contribution in [0, 0.1) is 23.3 Å². The van der Waals surface area contributed by atoms with Gasteiger partial charge in [0, 0.05) is 13.2 Å². The van der Waals surface area contributed by atoms with Crippen LogP contribution in [0.15, 0.2) is 6.07 Å². The van der Waals surface area contributed by atoms with Crippen molar-refractivity contribution in [3.63, 3.8) is 0 Å². The van der Waals surface area contributed by atoms with Gasteiger partial charge in [-0.3, -0.25) is 0 Å². The van der Waals surface area contributed by atoms with Crippen molar-refractivity contribution in [3.05, 3.63) is 34.9 Å². The van der Waals surface area contributed by atoms with Crippen molar-refractivity contribution in [2.45, 2.75) is 39.3 Å². The Morgan fingerprint density at radius 1 is 0.952 bits per heavy atom. The van der Waals surface area contributed by atoms with Gasteiger partial charge in [-0.25, -0.2) is 17.6 Å². The van der Waals surface area contributed by atoms with Crippen molar-refractivity contribution < 1.29 is 26.4 Å². The summed E-state index contributed by atoms with van der Waals surface area (Å²) in [6.45, 7) is 6.62. The minimum Gasteiger partial charge on any atom is -0.395 e. The molecule has 0 N–H and O–H groups in total. The number of hydrogen-bond acceptors (Lipinski definition) is 2. The van der Waals surface area contributed by atoms with E-state index in [-0.39, 0.29) is 12.0 Å². The third kappa shape index (κ3) is 4.79. The summed E-state index contributed by atoms with van der Waals surface area (Å²) in [5, 5.41) is 0. The van der Waals surface area contributed by atoms with Crippen molar-refractivity contribution in [2.75, 3.05) is 13.2 Å². The molecule has 120 valence electrons. The fourth-order valence-corrected chi connectivity index (χ4v) is 4.61. The van der Waals surface area contributed by atoms with Crippen LogP contribution in [-0.2, 0) is 15.3 Å². The van der Waals surface area contributed by atoms with Gasteiger partial charge in [-0.05, 0) is 50.9 Å². The summed E-state index contributed by atoms with van der Waals surface area (Å²) < 4.78 is 63.8. The monoisotopic (exact) mass is 324 g/mol. The Bertz CT molecular complexity index is 477. The molecule has 0 saturated carbocycles. The van der Waals surface area contributed by atoms with Gasteiger partial charge in [-0.1, -0.05) is 0 Å². The van der Waals surface area contributed by atoms with Gasteiger partial charge in [-0.2, -0.15) is 0 Å². The van der Waals surface area contributed by atoms with Crippen LogP contribution in [0.5, 0.6) is 0 Å². The molecule has 0 amide bonds. The Hall–Kier alpha value is -0.923. The van der Waals surface area contributed by atoms with Crippen LogP contribution >= 0.6 is 0 Å². The molecule has 0 atom stereocenters. The minimum absolute atomic E-state index is 0.0999. The highest BCUT2D eigenvalue weighted by Crippen LogP contribution is 2.22. The largest absolute Gasteiger partial charge is 0.395 e. The van der Waals surface area contributed by atoms with E-state index in [2.05, 4.69) is 0 Å². The first-order valence-corrected chi connectivity index (χ1v) is 9.46. The third-order valence-electron chi connectivity index (χ3n) is 3.15. The molecule has 1 aromatic carbocycles. The predicted molar refractivity (Wildman–Crippen MR) is 74.3 cm³/mol.